The Hall–Kier alpha value is -0.720. The third kappa shape index (κ3) is 2.49. The zero-order valence-corrected chi connectivity index (χ0v) is 13.2. The molecule has 1 fully saturated rings. The van der Waals surface area contributed by atoms with Gasteiger partial charge in [0.2, 0.25) is 11.7 Å². The van der Waals surface area contributed by atoms with Crippen LogP contribution in [-0.2, 0) is 5.41 Å². The van der Waals surface area contributed by atoms with E-state index < -0.39 is 0 Å². The molecule has 1 N–H and O–H groups in total. The molecule has 0 aliphatic carbocycles. The van der Waals surface area contributed by atoms with Crippen LogP contribution in [-0.4, -0.2) is 23.2 Å². The Morgan fingerprint density at radius 3 is 3.05 bits per heavy atom. The van der Waals surface area contributed by atoms with Crippen molar-refractivity contribution in [1.29, 1.82) is 0 Å². The lowest BCUT2D eigenvalue weighted by molar-refractivity contribution is 0.221. The van der Waals surface area contributed by atoms with Gasteiger partial charge < -0.3 is 9.84 Å². The van der Waals surface area contributed by atoms with Crippen molar-refractivity contribution in [2.45, 2.75) is 31.6 Å². The maximum Gasteiger partial charge on any atom is 0.234 e. The third-order valence-electron chi connectivity index (χ3n) is 3.82. The number of nitrogens with zero attached hydrogens (tertiary/aromatic N) is 2. The molecule has 102 valence electrons. The molecule has 0 bridgehead atoms. The summed E-state index contributed by atoms with van der Waals surface area (Å²) >= 11 is 5.08. The van der Waals surface area contributed by atoms with Gasteiger partial charge in [0.25, 0.3) is 0 Å². The fraction of sp³-hybridized carbons (Fsp3) is 0.538. The summed E-state index contributed by atoms with van der Waals surface area (Å²) in [4.78, 5) is 5.67. The van der Waals surface area contributed by atoms with Crippen molar-refractivity contribution in [3.8, 4) is 10.7 Å². The van der Waals surface area contributed by atoms with Gasteiger partial charge in [0.05, 0.1) is 14.1 Å². The summed E-state index contributed by atoms with van der Waals surface area (Å²) in [5.41, 5.74) is 0.0119. The van der Waals surface area contributed by atoms with Gasteiger partial charge >= 0.3 is 0 Å². The van der Waals surface area contributed by atoms with Crippen LogP contribution in [0.25, 0.3) is 10.7 Å². The second-order valence-corrected chi connectivity index (χ2v) is 7.40. The van der Waals surface area contributed by atoms with E-state index in [9.17, 15) is 0 Å². The minimum atomic E-state index is 0.0119. The van der Waals surface area contributed by atoms with Crippen LogP contribution in [0, 0.1) is 0 Å². The molecule has 0 radical (unpaired) electrons. The minimum Gasteiger partial charge on any atom is -0.338 e. The van der Waals surface area contributed by atoms with Crippen LogP contribution < -0.4 is 5.32 Å². The Labute approximate surface area is 124 Å². The highest BCUT2D eigenvalue weighted by Crippen LogP contribution is 2.36. The molecule has 1 unspecified atom stereocenters. The molecular weight excluding hydrogens is 326 g/mol. The van der Waals surface area contributed by atoms with Gasteiger partial charge in [0, 0.05) is 6.54 Å². The molecule has 1 saturated heterocycles. The highest BCUT2D eigenvalue weighted by Gasteiger charge is 2.37. The Balaban J connectivity index is 1.91. The summed E-state index contributed by atoms with van der Waals surface area (Å²) < 4.78 is 6.63. The van der Waals surface area contributed by atoms with E-state index in [0.29, 0.717) is 5.82 Å². The maximum absolute atomic E-state index is 5.55. The number of thiophene rings is 1. The Morgan fingerprint density at radius 1 is 1.53 bits per heavy atom. The molecule has 0 saturated carbocycles. The average Bonchev–Trinajstić information content (AvgIpc) is 3.08. The van der Waals surface area contributed by atoms with Crippen LogP contribution in [0.3, 0.4) is 0 Å². The first-order valence-corrected chi connectivity index (χ1v) is 8.15. The highest BCUT2D eigenvalue weighted by molar-refractivity contribution is 9.11. The van der Waals surface area contributed by atoms with Crippen molar-refractivity contribution in [3.63, 3.8) is 0 Å². The van der Waals surface area contributed by atoms with Gasteiger partial charge in [-0.05, 0) is 53.9 Å². The minimum absolute atomic E-state index is 0.0119. The molecule has 0 spiro atoms. The Bertz CT molecular complexity index is 560. The SMILES string of the molecule is CCC1(c2nc(-c3ccc(Br)s3)no2)CCCNC1. The quantitative estimate of drug-likeness (QED) is 0.926. The van der Waals surface area contributed by atoms with Gasteiger partial charge in [-0.15, -0.1) is 11.3 Å². The molecule has 2 aromatic rings. The number of hydrogen-bond donors (Lipinski definition) is 1. The number of piperidine rings is 1. The highest BCUT2D eigenvalue weighted by atomic mass is 79.9. The predicted octanol–water partition coefficient (Wildman–Crippen LogP) is 3.59. The number of rotatable bonds is 3. The fourth-order valence-corrected chi connectivity index (χ4v) is 3.89. The predicted molar refractivity (Wildman–Crippen MR) is 79.4 cm³/mol. The van der Waals surface area contributed by atoms with Crippen LogP contribution in [0.2, 0.25) is 0 Å². The molecule has 1 aliphatic rings. The number of aromatic nitrogens is 2. The molecule has 1 aliphatic heterocycles. The van der Waals surface area contributed by atoms with E-state index in [2.05, 4.69) is 38.3 Å². The standard InChI is InChI=1S/C13H16BrN3OS/c1-2-13(6-3-7-15-8-13)12-16-11(17-18-12)9-4-5-10(14)19-9/h4-5,15H,2-3,6-8H2,1H3. The van der Waals surface area contributed by atoms with Crippen LogP contribution in [0.5, 0.6) is 0 Å². The van der Waals surface area contributed by atoms with Crippen LogP contribution in [0.4, 0.5) is 0 Å². The monoisotopic (exact) mass is 341 g/mol. The first-order valence-electron chi connectivity index (χ1n) is 6.54. The van der Waals surface area contributed by atoms with Crippen molar-refractivity contribution in [2.24, 2.45) is 0 Å². The lowest BCUT2D eigenvalue weighted by atomic mass is 9.78. The molecule has 2 aromatic heterocycles. The number of halogens is 1. The Morgan fingerprint density at radius 2 is 2.42 bits per heavy atom. The summed E-state index contributed by atoms with van der Waals surface area (Å²) in [6.45, 7) is 4.21. The summed E-state index contributed by atoms with van der Waals surface area (Å²) in [7, 11) is 0. The third-order valence-corrected chi connectivity index (χ3v) is 5.44. The second-order valence-electron chi connectivity index (χ2n) is 4.94. The first-order chi connectivity index (χ1) is 9.23. The van der Waals surface area contributed by atoms with E-state index >= 15 is 0 Å². The lowest BCUT2D eigenvalue weighted by Gasteiger charge is -2.33. The Kier molecular flexibility index (Phi) is 3.73. The second kappa shape index (κ2) is 5.34. The van der Waals surface area contributed by atoms with Gasteiger partial charge in [-0.3, -0.25) is 0 Å². The topological polar surface area (TPSA) is 51.0 Å². The smallest absolute Gasteiger partial charge is 0.234 e. The normalized spacial score (nSPS) is 23.7. The van der Waals surface area contributed by atoms with E-state index in [0.717, 1.165) is 46.9 Å². The van der Waals surface area contributed by atoms with Crippen molar-refractivity contribution in [3.05, 3.63) is 21.8 Å². The van der Waals surface area contributed by atoms with Gasteiger partial charge in [-0.1, -0.05) is 12.1 Å². The van der Waals surface area contributed by atoms with E-state index in [1.165, 1.54) is 0 Å². The summed E-state index contributed by atoms with van der Waals surface area (Å²) in [6, 6.07) is 4.02. The molecular formula is C13H16BrN3OS. The summed E-state index contributed by atoms with van der Waals surface area (Å²) in [6.07, 6.45) is 3.30. The molecule has 3 heterocycles. The van der Waals surface area contributed by atoms with E-state index in [1.54, 1.807) is 11.3 Å². The fourth-order valence-electron chi connectivity index (χ4n) is 2.58. The van der Waals surface area contributed by atoms with Crippen LogP contribution >= 0.6 is 27.3 Å². The summed E-state index contributed by atoms with van der Waals surface area (Å²) in [5, 5.41) is 7.59. The zero-order chi connectivity index (χ0) is 13.3. The zero-order valence-electron chi connectivity index (χ0n) is 10.8. The van der Waals surface area contributed by atoms with Crippen molar-refractivity contribution >= 4 is 27.3 Å². The first kappa shape index (κ1) is 13.3. The van der Waals surface area contributed by atoms with Gasteiger partial charge in [-0.2, -0.15) is 4.98 Å². The van der Waals surface area contributed by atoms with E-state index in [4.69, 9.17) is 4.52 Å². The average molecular weight is 342 g/mol. The molecule has 0 aromatic carbocycles. The summed E-state index contributed by atoms with van der Waals surface area (Å²) in [5.74, 6) is 1.48. The van der Waals surface area contributed by atoms with Gasteiger partial charge in [0.15, 0.2) is 0 Å². The van der Waals surface area contributed by atoms with Crippen LogP contribution in [0.1, 0.15) is 32.1 Å². The van der Waals surface area contributed by atoms with Gasteiger partial charge in [0.1, 0.15) is 0 Å². The van der Waals surface area contributed by atoms with Crippen LogP contribution in [0.15, 0.2) is 20.4 Å². The van der Waals surface area contributed by atoms with Crippen molar-refractivity contribution < 1.29 is 4.52 Å². The van der Waals surface area contributed by atoms with Crippen molar-refractivity contribution in [1.82, 2.24) is 15.5 Å². The van der Waals surface area contributed by atoms with Gasteiger partial charge in [-0.25, -0.2) is 0 Å². The molecule has 4 nitrogen and oxygen atoms in total. The molecule has 1 atom stereocenters. The maximum atomic E-state index is 5.55. The molecule has 6 heteroatoms. The molecule has 0 amide bonds. The largest absolute Gasteiger partial charge is 0.338 e. The van der Waals surface area contributed by atoms with E-state index in [1.807, 2.05) is 12.1 Å². The number of nitrogens with one attached hydrogen (secondary N) is 1. The molecule has 3 rings (SSSR count). The molecule has 19 heavy (non-hydrogen) atoms. The number of hydrogen-bond acceptors (Lipinski definition) is 5. The van der Waals surface area contributed by atoms with E-state index in [-0.39, 0.29) is 5.41 Å². The van der Waals surface area contributed by atoms with Crippen molar-refractivity contribution in [2.75, 3.05) is 13.1 Å². The lowest BCUT2D eigenvalue weighted by Crippen LogP contribution is -2.43.